The summed E-state index contributed by atoms with van der Waals surface area (Å²) in [4.78, 5) is 5.56. The highest BCUT2D eigenvalue weighted by Crippen LogP contribution is 2.30. The average molecular weight is 271 g/mol. The maximum Gasteiger partial charge on any atom is 0.238 e. The van der Waals surface area contributed by atoms with E-state index in [0.29, 0.717) is 30.1 Å². The molecule has 0 unspecified atom stereocenters. The predicted octanol–water partition coefficient (Wildman–Crippen LogP) is 0.756. The van der Waals surface area contributed by atoms with Gasteiger partial charge in [0.1, 0.15) is 0 Å². The van der Waals surface area contributed by atoms with Crippen molar-refractivity contribution in [1.29, 1.82) is 0 Å². The summed E-state index contributed by atoms with van der Waals surface area (Å²) < 4.78 is 23.0. The summed E-state index contributed by atoms with van der Waals surface area (Å²) in [6, 6.07) is 3.08. The highest BCUT2D eigenvalue weighted by Gasteiger charge is 2.20. The van der Waals surface area contributed by atoms with E-state index in [-0.39, 0.29) is 4.90 Å². The fourth-order valence-electron chi connectivity index (χ4n) is 2.03. The van der Waals surface area contributed by atoms with E-state index in [1.54, 1.807) is 18.1 Å². The lowest BCUT2D eigenvalue weighted by Gasteiger charge is -2.29. The number of sulfonamides is 1. The molecule has 1 aliphatic heterocycles. The predicted molar refractivity (Wildman–Crippen MR) is 69.5 cm³/mol. The number of hydrogen-bond donors (Lipinski definition) is 2. The van der Waals surface area contributed by atoms with Gasteiger partial charge < -0.3 is 5.73 Å². The van der Waals surface area contributed by atoms with Gasteiger partial charge in [-0.25, -0.2) is 13.6 Å². The number of nitrogens with two attached hydrogens (primary N) is 2. The van der Waals surface area contributed by atoms with Crippen molar-refractivity contribution in [1.82, 2.24) is 0 Å². The summed E-state index contributed by atoms with van der Waals surface area (Å²) in [5.74, 6) is 0. The Hall–Kier alpha value is -1.31. The van der Waals surface area contributed by atoms with E-state index >= 15 is 0 Å². The number of anilines is 2. The maximum absolute atomic E-state index is 11.5. The van der Waals surface area contributed by atoms with Gasteiger partial charge in [0.25, 0.3) is 0 Å². The first-order chi connectivity index (χ1) is 8.39. The second-order valence-electron chi connectivity index (χ2n) is 4.35. The van der Waals surface area contributed by atoms with Crippen LogP contribution in [0.2, 0.25) is 0 Å². The Morgan fingerprint density at radius 2 is 2.06 bits per heavy atom. The topological polar surface area (TPSA) is 98.7 Å². The fraction of sp³-hybridized carbons (Fsp3) is 0.455. The second-order valence-corrected chi connectivity index (χ2v) is 5.88. The molecule has 0 bridgehead atoms. The van der Waals surface area contributed by atoms with Crippen molar-refractivity contribution in [3.8, 4) is 0 Å². The molecular formula is C11H17N3O3S. The number of rotatable bonds is 2. The number of nitrogen functional groups attached to an aromatic ring is 1. The van der Waals surface area contributed by atoms with Crippen LogP contribution in [0.1, 0.15) is 18.4 Å². The Balaban J connectivity index is 2.50. The summed E-state index contributed by atoms with van der Waals surface area (Å²) in [5, 5.41) is 6.87. The largest absolute Gasteiger partial charge is 0.399 e. The summed E-state index contributed by atoms with van der Waals surface area (Å²) >= 11 is 0. The maximum atomic E-state index is 11.5. The van der Waals surface area contributed by atoms with Crippen molar-refractivity contribution >= 4 is 21.4 Å². The Bertz CT molecular complexity index is 551. The van der Waals surface area contributed by atoms with Gasteiger partial charge in [-0.3, -0.25) is 9.90 Å². The number of primary sulfonamides is 1. The van der Waals surface area contributed by atoms with Gasteiger partial charge in [0.05, 0.1) is 17.2 Å². The number of benzene rings is 1. The highest BCUT2D eigenvalue weighted by atomic mass is 32.2. The first-order valence-corrected chi connectivity index (χ1v) is 7.27. The molecule has 1 saturated heterocycles. The first-order valence-electron chi connectivity index (χ1n) is 5.73. The van der Waals surface area contributed by atoms with Crippen LogP contribution in [0.15, 0.2) is 17.0 Å². The van der Waals surface area contributed by atoms with Gasteiger partial charge in [-0.1, -0.05) is 0 Å². The minimum absolute atomic E-state index is 0.0478. The van der Waals surface area contributed by atoms with Crippen molar-refractivity contribution in [3.63, 3.8) is 0 Å². The molecule has 100 valence electrons. The molecule has 1 fully saturated rings. The smallest absolute Gasteiger partial charge is 0.238 e. The van der Waals surface area contributed by atoms with Crippen molar-refractivity contribution < 1.29 is 13.3 Å². The van der Waals surface area contributed by atoms with Gasteiger partial charge in [-0.15, -0.1) is 0 Å². The number of hydrogen-bond acceptors (Lipinski definition) is 5. The van der Waals surface area contributed by atoms with Gasteiger partial charge >= 0.3 is 0 Å². The molecule has 0 saturated carbocycles. The number of hydroxylamine groups is 1. The van der Waals surface area contributed by atoms with Crippen LogP contribution in [0, 0.1) is 6.92 Å². The van der Waals surface area contributed by atoms with E-state index in [9.17, 15) is 8.42 Å². The Kier molecular flexibility index (Phi) is 3.47. The van der Waals surface area contributed by atoms with Gasteiger partial charge in [-0.2, -0.15) is 0 Å². The zero-order valence-corrected chi connectivity index (χ0v) is 11.0. The summed E-state index contributed by atoms with van der Waals surface area (Å²) in [6.45, 7) is 3.04. The van der Waals surface area contributed by atoms with E-state index in [2.05, 4.69) is 0 Å². The van der Waals surface area contributed by atoms with Crippen molar-refractivity contribution in [2.45, 2.75) is 24.7 Å². The quantitative estimate of drug-likeness (QED) is 0.774. The number of nitrogens with zero attached hydrogens (tertiary/aromatic N) is 1. The van der Waals surface area contributed by atoms with E-state index in [4.69, 9.17) is 15.7 Å². The first kappa shape index (κ1) is 13.1. The van der Waals surface area contributed by atoms with E-state index in [0.717, 1.165) is 12.8 Å². The third kappa shape index (κ3) is 2.58. The van der Waals surface area contributed by atoms with E-state index < -0.39 is 10.0 Å². The molecule has 1 aromatic rings. The van der Waals surface area contributed by atoms with Crippen molar-refractivity contribution in [2.75, 3.05) is 23.9 Å². The normalized spacial score (nSPS) is 16.9. The van der Waals surface area contributed by atoms with E-state index in [1.807, 2.05) is 0 Å². The molecule has 0 amide bonds. The van der Waals surface area contributed by atoms with Gasteiger partial charge in [0.15, 0.2) is 0 Å². The van der Waals surface area contributed by atoms with Crippen LogP contribution < -0.4 is 15.9 Å². The van der Waals surface area contributed by atoms with E-state index in [1.165, 1.54) is 6.07 Å². The Morgan fingerprint density at radius 3 is 2.61 bits per heavy atom. The third-order valence-corrected chi connectivity index (χ3v) is 3.97. The van der Waals surface area contributed by atoms with Crippen molar-refractivity contribution in [2.24, 2.45) is 5.14 Å². The minimum atomic E-state index is -3.78. The van der Waals surface area contributed by atoms with Gasteiger partial charge in [0, 0.05) is 12.2 Å². The standard InChI is InChI=1S/C11H17N3O3S/c1-8-10(14-4-2-3-5-17-14)6-9(12)7-11(8)18(13,15)16/h6-7H,2-5,12H2,1H3,(H2,13,15,16). The third-order valence-electron chi connectivity index (χ3n) is 2.93. The molecule has 6 nitrogen and oxygen atoms in total. The summed E-state index contributed by atoms with van der Waals surface area (Å²) in [7, 11) is -3.78. The molecule has 1 aromatic carbocycles. The molecule has 1 aliphatic rings. The Labute approximate surface area is 107 Å². The lowest BCUT2D eigenvalue weighted by atomic mass is 10.1. The average Bonchev–Trinajstić information content (AvgIpc) is 2.31. The molecule has 2 rings (SSSR count). The highest BCUT2D eigenvalue weighted by molar-refractivity contribution is 7.89. The van der Waals surface area contributed by atoms with Crippen LogP contribution in [-0.2, 0) is 14.9 Å². The molecule has 0 atom stereocenters. The fourth-order valence-corrected chi connectivity index (χ4v) is 2.87. The molecule has 0 aliphatic carbocycles. The second kappa shape index (κ2) is 4.75. The van der Waals surface area contributed by atoms with Crippen LogP contribution in [0.3, 0.4) is 0 Å². The molecule has 18 heavy (non-hydrogen) atoms. The lowest BCUT2D eigenvalue weighted by molar-refractivity contribution is 0.0775. The van der Waals surface area contributed by atoms with Crippen molar-refractivity contribution in [3.05, 3.63) is 17.7 Å². The summed E-state index contributed by atoms with van der Waals surface area (Å²) in [6.07, 6.45) is 2.00. The molecular weight excluding hydrogens is 254 g/mol. The zero-order valence-electron chi connectivity index (χ0n) is 10.2. The van der Waals surface area contributed by atoms with Gasteiger partial charge in [-0.05, 0) is 37.5 Å². The van der Waals surface area contributed by atoms with Crippen LogP contribution in [0.25, 0.3) is 0 Å². The van der Waals surface area contributed by atoms with Gasteiger partial charge in [0.2, 0.25) is 10.0 Å². The molecule has 4 N–H and O–H groups in total. The van der Waals surface area contributed by atoms with Crippen LogP contribution in [0.5, 0.6) is 0 Å². The monoisotopic (exact) mass is 271 g/mol. The van der Waals surface area contributed by atoms with Crippen LogP contribution in [0.4, 0.5) is 11.4 Å². The molecule has 7 heteroatoms. The SMILES string of the molecule is Cc1c(N2CCCCO2)cc(N)cc1S(N)(=O)=O. The molecule has 1 heterocycles. The van der Waals surface area contributed by atoms with Crippen LogP contribution >= 0.6 is 0 Å². The lowest BCUT2D eigenvalue weighted by Crippen LogP contribution is -2.31. The Morgan fingerprint density at radius 1 is 1.33 bits per heavy atom. The molecule has 0 spiro atoms. The molecule has 0 aromatic heterocycles. The zero-order chi connectivity index (χ0) is 13.3. The van der Waals surface area contributed by atoms with Crippen LogP contribution in [-0.4, -0.2) is 21.6 Å². The minimum Gasteiger partial charge on any atom is -0.399 e. The summed E-state index contributed by atoms with van der Waals surface area (Å²) in [5.41, 5.74) is 7.31. The molecule has 0 radical (unpaired) electrons.